The van der Waals surface area contributed by atoms with E-state index >= 15 is 0 Å². The number of phenols is 2. The lowest BCUT2D eigenvalue weighted by Gasteiger charge is -2.63. The quantitative estimate of drug-likeness (QED) is 0.189. The number of ether oxygens (including phenoxy) is 2. The predicted molar refractivity (Wildman–Crippen MR) is 156 cm³/mol. The van der Waals surface area contributed by atoms with E-state index in [9.17, 15) is 10.2 Å². The zero-order chi connectivity index (χ0) is 27.5. The molecule has 0 saturated heterocycles. The monoisotopic (exact) mass is 534 g/mol. The fourth-order valence-corrected chi connectivity index (χ4v) is 8.20. The van der Waals surface area contributed by atoms with Crippen LogP contribution in [-0.4, -0.2) is 10.2 Å². The highest BCUT2D eigenvalue weighted by atomic mass is 16.5. The van der Waals surface area contributed by atoms with Crippen molar-refractivity contribution >= 4 is 11.4 Å². The first-order chi connectivity index (χ1) is 19.3. The molecule has 4 fully saturated rings. The van der Waals surface area contributed by atoms with Crippen LogP contribution in [0.15, 0.2) is 84.9 Å². The molecular weight excluding hydrogens is 500 g/mol. The molecule has 40 heavy (non-hydrogen) atoms. The van der Waals surface area contributed by atoms with Gasteiger partial charge < -0.3 is 31.2 Å². The van der Waals surface area contributed by atoms with E-state index in [4.69, 9.17) is 20.9 Å². The van der Waals surface area contributed by atoms with Gasteiger partial charge in [-0.25, -0.2) is 0 Å². The van der Waals surface area contributed by atoms with Crippen LogP contribution in [0.4, 0.5) is 11.4 Å². The van der Waals surface area contributed by atoms with E-state index in [1.54, 1.807) is 36.4 Å². The van der Waals surface area contributed by atoms with Gasteiger partial charge in [0.1, 0.15) is 0 Å². The van der Waals surface area contributed by atoms with Crippen molar-refractivity contribution in [3.8, 4) is 34.5 Å². The zero-order valence-corrected chi connectivity index (χ0v) is 22.3. The molecule has 0 atom stereocenters. The highest BCUT2D eigenvalue weighted by Crippen LogP contribution is 2.66. The Hall–Kier alpha value is -4.32. The maximum absolute atomic E-state index is 10.1. The van der Waals surface area contributed by atoms with E-state index in [2.05, 4.69) is 24.3 Å². The van der Waals surface area contributed by atoms with Crippen LogP contribution in [0.3, 0.4) is 0 Å². The molecule has 0 unspecified atom stereocenters. The molecule has 6 heteroatoms. The number of rotatable bonds is 6. The van der Waals surface area contributed by atoms with Crippen LogP contribution in [0.2, 0.25) is 0 Å². The Morgan fingerprint density at radius 2 is 1.00 bits per heavy atom. The Morgan fingerprint density at radius 1 is 0.575 bits per heavy atom. The van der Waals surface area contributed by atoms with Crippen molar-refractivity contribution < 1.29 is 19.7 Å². The largest absolute Gasteiger partial charge is 0.504 e. The SMILES string of the molecule is Nc1cc(C23CC4CC(C2)CC(c2ccc(Oc5ccccc5O)c(N)c2)(C4)C3)ccc1Oc1ccccc1O. The van der Waals surface area contributed by atoms with Gasteiger partial charge in [-0.2, -0.15) is 0 Å². The first kappa shape index (κ1) is 24.7. The molecular formula is C34H34N2O4. The van der Waals surface area contributed by atoms with Crippen molar-refractivity contribution in [1.29, 1.82) is 0 Å². The van der Waals surface area contributed by atoms with Gasteiger partial charge in [-0.3, -0.25) is 0 Å². The van der Waals surface area contributed by atoms with Crippen molar-refractivity contribution in [2.75, 3.05) is 11.5 Å². The van der Waals surface area contributed by atoms with Crippen LogP contribution >= 0.6 is 0 Å². The molecule has 0 heterocycles. The molecule has 6 N–H and O–H groups in total. The summed E-state index contributed by atoms with van der Waals surface area (Å²) in [7, 11) is 0. The first-order valence-electron chi connectivity index (χ1n) is 14.0. The van der Waals surface area contributed by atoms with Gasteiger partial charge in [-0.05, 0) is 121 Å². The number of aromatic hydroxyl groups is 2. The fourth-order valence-electron chi connectivity index (χ4n) is 8.20. The summed E-state index contributed by atoms with van der Waals surface area (Å²) in [5, 5.41) is 20.3. The van der Waals surface area contributed by atoms with Gasteiger partial charge in [0, 0.05) is 0 Å². The fraction of sp³-hybridized carbons (Fsp3) is 0.294. The lowest BCUT2D eigenvalue weighted by molar-refractivity contribution is -0.0281. The maximum atomic E-state index is 10.1. The molecule has 0 radical (unpaired) electrons. The number of phenolic OH excluding ortho intramolecular Hbond substituents is 2. The highest BCUT2D eigenvalue weighted by molar-refractivity contribution is 5.60. The molecule has 0 amide bonds. The summed E-state index contributed by atoms with van der Waals surface area (Å²) >= 11 is 0. The summed E-state index contributed by atoms with van der Waals surface area (Å²) in [5.74, 6) is 3.40. The van der Waals surface area contributed by atoms with Crippen LogP contribution in [-0.2, 0) is 10.8 Å². The minimum Gasteiger partial charge on any atom is -0.504 e. The third-order valence-electron chi connectivity index (χ3n) is 9.48. The molecule has 204 valence electrons. The molecule has 4 saturated carbocycles. The molecule has 4 aromatic carbocycles. The van der Waals surface area contributed by atoms with E-state index in [1.807, 2.05) is 24.3 Å². The number of anilines is 2. The van der Waals surface area contributed by atoms with Crippen molar-refractivity contribution in [2.24, 2.45) is 11.8 Å². The Morgan fingerprint density at radius 3 is 1.40 bits per heavy atom. The van der Waals surface area contributed by atoms with Gasteiger partial charge in [0.25, 0.3) is 0 Å². The third kappa shape index (κ3) is 4.10. The number of nitrogens with two attached hydrogens (primary N) is 2. The first-order valence-corrected chi connectivity index (χ1v) is 14.0. The van der Waals surface area contributed by atoms with Crippen LogP contribution in [0, 0.1) is 11.8 Å². The van der Waals surface area contributed by atoms with Gasteiger partial charge in [0.05, 0.1) is 11.4 Å². The minimum absolute atomic E-state index is 0.0609. The predicted octanol–water partition coefficient (Wildman–Crippen LogP) is 7.64. The van der Waals surface area contributed by atoms with E-state index in [-0.39, 0.29) is 22.3 Å². The lowest BCUT2D eigenvalue weighted by atomic mass is 9.41. The Kier molecular flexibility index (Phi) is 5.63. The number of para-hydroxylation sites is 4. The maximum Gasteiger partial charge on any atom is 0.169 e. The summed E-state index contributed by atoms with van der Waals surface area (Å²) in [6, 6.07) is 26.3. The Balaban J connectivity index is 1.19. The summed E-state index contributed by atoms with van der Waals surface area (Å²) in [4.78, 5) is 0. The summed E-state index contributed by atoms with van der Waals surface area (Å²) < 4.78 is 11.9. The topological polar surface area (TPSA) is 111 Å². The molecule has 0 spiro atoms. The third-order valence-corrected chi connectivity index (χ3v) is 9.48. The number of benzene rings is 4. The summed E-state index contributed by atoms with van der Waals surface area (Å²) in [6.07, 6.45) is 7.05. The van der Waals surface area contributed by atoms with Crippen molar-refractivity contribution in [3.05, 3.63) is 96.1 Å². The lowest BCUT2D eigenvalue weighted by Crippen LogP contribution is -2.55. The zero-order valence-electron chi connectivity index (χ0n) is 22.3. The number of nitrogen functional groups attached to an aromatic ring is 2. The smallest absolute Gasteiger partial charge is 0.169 e. The van der Waals surface area contributed by atoms with Crippen molar-refractivity contribution in [2.45, 2.75) is 49.4 Å². The van der Waals surface area contributed by atoms with Crippen LogP contribution in [0.1, 0.15) is 49.7 Å². The molecule has 4 aliphatic carbocycles. The molecule has 8 rings (SSSR count). The Labute approximate surface area is 234 Å². The average molecular weight is 535 g/mol. The second-order valence-corrected chi connectivity index (χ2v) is 12.2. The standard InChI is InChI=1S/C34H34N2O4/c35-25-14-23(9-11-29(25)39-31-7-3-1-5-27(31)37)33-16-21-13-22(17-33)19-34(18-21,20-33)24-10-12-30(26(36)15-24)40-32-8-4-2-6-28(32)38/h1-12,14-15,21-22,37-38H,13,16-20,35-36H2. The van der Waals surface area contributed by atoms with Gasteiger partial charge in [0.15, 0.2) is 34.5 Å². The van der Waals surface area contributed by atoms with Gasteiger partial charge in [-0.15, -0.1) is 0 Å². The molecule has 6 nitrogen and oxygen atoms in total. The molecule has 4 aliphatic rings. The number of hydrogen-bond donors (Lipinski definition) is 4. The Bertz CT molecular complexity index is 1470. The molecule has 0 aromatic heterocycles. The minimum atomic E-state index is 0.0609. The van der Waals surface area contributed by atoms with E-state index < -0.39 is 0 Å². The van der Waals surface area contributed by atoms with E-state index in [1.165, 1.54) is 43.2 Å². The summed E-state index contributed by atoms with van der Waals surface area (Å²) in [5.41, 5.74) is 16.9. The number of hydrogen-bond acceptors (Lipinski definition) is 6. The van der Waals surface area contributed by atoms with Crippen LogP contribution in [0.5, 0.6) is 34.5 Å². The van der Waals surface area contributed by atoms with Crippen molar-refractivity contribution in [1.82, 2.24) is 0 Å². The molecule has 4 aromatic rings. The summed E-state index contributed by atoms with van der Waals surface area (Å²) in [6.45, 7) is 0. The highest BCUT2D eigenvalue weighted by Gasteiger charge is 2.58. The van der Waals surface area contributed by atoms with Crippen LogP contribution in [0.25, 0.3) is 0 Å². The second-order valence-electron chi connectivity index (χ2n) is 12.2. The van der Waals surface area contributed by atoms with E-state index in [0.29, 0.717) is 46.2 Å². The van der Waals surface area contributed by atoms with Crippen LogP contribution < -0.4 is 20.9 Å². The van der Waals surface area contributed by atoms with Gasteiger partial charge >= 0.3 is 0 Å². The second kappa shape index (κ2) is 9.12. The van der Waals surface area contributed by atoms with Crippen molar-refractivity contribution in [3.63, 3.8) is 0 Å². The van der Waals surface area contributed by atoms with E-state index in [0.717, 1.165) is 6.42 Å². The molecule has 0 aliphatic heterocycles. The average Bonchev–Trinajstić information content (AvgIpc) is 2.92. The van der Waals surface area contributed by atoms with Gasteiger partial charge in [-0.1, -0.05) is 36.4 Å². The van der Waals surface area contributed by atoms with Gasteiger partial charge in [0.2, 0.25) is 0 Å². The normalized spacial score (nSPS) is 26.5. The molecule has 4 bridgehead atoms.